The maximum atomic E-state index is 6.05. The summed E-state index contributed by atoms with van der Waals surface area (Å²) in [5.41, 5.74) is 2.32. The Morgan fingerprint density at radius 3 is 2.76 bits per heavy atom. The molecule has 1 saturated heterocycles. The molecule has 17 heavy (non-hydrogen) atoms. The molecule has 1 aromatic rings. The van der Waals surface area contributed by atoms with Gasteiger partial charge in [-0.25, -0.2) is 0 Å². The van der Waals surface area contributed by atoms with Crippen LogP contribution < -0.4 is 0 Å². The van der Waals surface area contributed by atoms with Crippen molar-refractivity contribution < 1.29 is 7.58 Å². The van der Waals surface area contributed by atoms with Crippen molar-refractivity contribution in [3.63, 3.8) is 0 Å². The molecular weight excluding hydrogens is 229 g/mol. The van der Waals surface area contributed by atoms with Gasteiger partial charge in [0, 0.05) is 23.3 Å². The van der Waals surface area contributed by atoms with E-state index < -0.39 is 14.8 Å². The lowest BCUT2D eigenvalue weighted by molar-refractivity contribution is 0.106. The first kappa shape index (κ1) is 13.0. The minimum atomic E-state index is -1.55. The van der Waals surface area contributed by atoms with Crippen molar-refractivity contribution >= 4 is 14.8 Å². The largest absolute Gasteiger partial charge is 0.681 e. The third kappa shape index (κ3) is 3.53. The summed E-state index contributed by atoms with van der Waals surface area (Å²) in [6, 6.07) is 6.11. The van der Waals surface area contributed by atoms with Crippen LogP contribution in [0.3, 0.4) is 0 Å². The first-order valence-electron chi connectivity index (χ1n) is 6.15. The predicted molar refractivity (Wildman–Crippen MR) is 68.7 cm³/mol. The summed E-state index contributed by atoms with van der Waals surface area (Å²) < 4.78 is 11.9. The van der Waals surface area contributed by atoms with E-state index in [4.69, 9.17) is 7.58 Å². The standard InChI is InChI=1S/C7H8N.C6H12O2.Al/c1-6-4-3-5-7(2)8-6;1-6(2,3)5(8)4-7;/h3-5H,1H2,2H3;5H,4H2,1-3H3;/q;-2;+2. The van der Waals surface area contributed by atoms with Gasteiger partial charge in [-0.1, -0.05) is 26.8 Å². The molecule has 92 valence electrons. The van der Waals surface area contributed by atoms with Crippen molar-refractivity contribution in [1.29, 1.82) is 0 Å². The van der Waals surface area contributed by atoms with E-state index in [1.54, 1.807) is 0 Å². The lowest BCUT2D eigenvalue weighted by atomic mass is 9.90. The molecular formula is C13H20AlNO2. The van der Waals surface area contributed by atoms with Crippen LogP contribution in [-0.4, -0.2) is 32.5 Å². The van der Waals surface area contributed by atoms with Gasteiger partial charge in [0.25, 0.3) is 0 Å². The molecule has 1 fully saturated rings. The Balaban J connectivity index is 1.94. The average Bonchev–Trinajstić information content (AvgIpc) is 2.65. The molecule has 0 aliphatic carbocycles. The maximum absolute atomic E-state index is 6.05. The smallest absolute Gasteiger partial charge is 0.476 e. The number of aromatic nitrogens is 1. The number of rotatable bonds is 2. The third-order valence-electron chi connectivity index (χ3n) is 3.04. The predicted octanol–water partition coefficient (Wildman–Crippen LogP) is 2.42. The second-order valence-corrected chi connectivity index (χ2v) is 7.60. The van der Waals surface area contributed by atoms with Crippen LogP contribution in [0.1, 0.15) is 32.2 Å². The van der Waals surface area contributed by atoms with E-state index >= 15 is 0 Å². The van der Waals surface area contributed by atoms with Crippen molar-refractivity contribution in [1.82, 2.24) is 4.98 Å². The molecule has 1 aromatic heterocycles. The molecule has 0 bridgehead atoms. The summed E-state index contributed by atoms with van der Waals surface area (Å²) >= 11 is -1.55. The first-order chi connectivity index (χ1) is 7.95. The molecule has 4 heteroatoms. The van der Waals surface area contributed by atoms with E-state index in [2.05, 4.69) is 31.8 Å². The Morgan fingerprint density at radius 1 is 1.41 bits per heavy atom. The fraction of sp³-hybridized carbons (Fsp3) is 0.615. The molecule has 0 radical (unpaired) electrons. The third-order valence-corrected chi connectivity index (χ3v) is 4.99. The monoisotopic (exact) mass is 249 g/mol. The highest BCUT2D eigenvalue weighted by Gasteiger charge is 2.41. The van der Waals surface area contributed by atoms with Gasteiger partial charge in [-0.05, 0) is 24.5 Å². The first-order valence-corrected chi connectivity index (χ1v) is 7.91. The molecule has 2 heterocycles. The number of hydrogen-bond acceptors (Lipinski definition) is 3. The molecule has 0 spiro atoms. The van der Waals surface area contributed by atoms with E-state index in [-0.39, 0.29) is 11.5 Å². The van der Waals surface area contributed by atoms with Gasteiger partial charge >= 0.3 is 14.8 Å². The van der Waals surface area contributed by atoms with Crippen LogP contribution in [-0.2, 0) is 12.9 Å². The lowest BCUT2D eigenvalue weighted by Crippen LogP contribution is -2.30. The molecule has 1 aliphatic rings. The molecule has 2 rings (SSSR count). The Kier molecular flexibility index (Phi) is 3.89. The van der Waals surface area contributed by atoms with Gasteiger partial charge in [-0.15, -0.1) is 0 Å². The van der Waals surface area contributed by atoms with E-state index in [1.807, 2.05) is 19.1 Å². The van der Waals surface area contributed by atoms with Crippen LogP contribution in [0.4, 0.5) is 0 Å². The second kappa shape index (κ2) is 5.08. The SMILES string of the molecule is Cc1cccc([CH2][Al]2[O]CC(C(C)(C)C)[O]2)n1. The zero-order chi connectivity index (χ0) is 12.5. The Labute approximate surface area is 108 Å². The Bertz CT molecular complexity index is 389. The summed E-state index contributed by atoms with van der Waals surface area (Å²) in [5, 5.41) is 0.869. The molecule has 1 atom stereocenters. The number of nitrogens with zero attached hydrogens (tertiary/aromatic N) is 1. The van der Waals surface area contributed by atoms with Crippen LogP contribution in [0.25, 0.3) is 0 Å². The Hall–Kier alpha value is -0.398. The van der Waals surface area contributed by atoms with Gasteiger partial charge in [-0.2, -0.15) is 0 Å². The van der Waals surface area contributed by atoms with E-state index in [0.29, 0.717) is 0 Å². The van der Waals surface area contributed by atoms with Gasteiger partial charge < -0.3 is 7.58 Å². The zero-order valence-electron chi connectivity index (χ0n) is 11.1. The highest BCUT2D eigenvalue weighted by atomic mass is 27.2. The molecule has 0 amide bonds. The highest BCUT2D eigenvalue weighted by Crippen LogP contribution is 2.27. The van der Waals surface area contributed by atoms with Crippen molar-refractivity contribution in [2.75, 3.05) is 6.61 Å². The average molecular weight is 249 g/mol. The number of pyridine rings is 1. The molecule has 1 aliphatic heterocycles. The van der Waals surface area contributed by atoms with Gasteiger partial charge in [-0.3, -0.25) is 4.98 Å². The minimum absolute atomic E-state index is 0.168. The van der Waals surface area contributed by atoms with Crippen LogP contribution in [0.15, 0.2) is 18.2 Å². The van der Waals surface area contributed by atoms with E-state index in [0.717, 1.165) is 23.3 Å². The van der Waals surface area contributed by atoms with Crippen LogP contribution in [0.5, 0.6) is 0 Å². The van der Waals surface area contributed by atoms with Crippen LogP contribution >= 0.6 is 0 Å². The summed E-state index contributed by atoms with van der Waals surface area (Å²) in [6.45, 7) is 9.35. The fourth-order valence-corrected chi connectivity index (χ4v) is 4.01. The van der Waals surface area contributed by atoms with E-state index in [9.17, 15) is 0 Å². The molecule has 0 saturated carbocycles. The lowest BCUT2D eigenvalue weighted by Gasteiger charge is -2.26. The van der Waals surface area contributed by atoms with Crippen molar-refractivity contribution in [3.05, 3.63) is 29.6 Å². The van der Waals surface area contributed by atoms with Crippen molar-refractivity contribution in [3.8, 4) is 0 Å². The summed E-state index contributed by atoms with van der Waals surface area (Å²) in [7, 11) is 0. The molecule has 1 unspecified atom stereocenters. The summed E-state index contributed by atoms with van der Waals surface area (Å²) in [4.78, 5) is 4.50. The molecule has 0 N–H and O–H groups in total. The van der Waals surface area contributed by atoms with Gasteiger partial charge in [0.05, 0.1) is 6.10 Å². The van der Waals surface area contributed by atoms with Crippen molar-refractivity contribution in [2.24, 2.45) is 5.41 Å². The topological polar surface area (TPSA) is 31.4 Å². The van der Waals surface area contributed by atoms with Gasteiger partial charge in [0.15, 0.2) is 0 Å². The molecule has 0 aromatic carbocycles. The van der Waals surface area contributed by atoms with Gasteiger partial charge in [0.2, 0.25) is 0 Å². The molecule has 3 nitrogen and oxygen atoms in total. The normalized spacial score (nSPS) is 20.9. The summed E-state index contributed by atoms with van der Waals surface area (Å²) in [5.74, 6) is 0. The quantitative estimate of drug-likeness (QED) is 0.754. The van der Waals surface area contributed by atoms with Crippen molar-refractivity contribution in [2.45, 2.75) is 39.1 Å². The van der Waals surface area contributed by atoms with E-state index in [1.165, 1.54) is 0 Å². The Morgan fingerprint density at radius 2 is 2.18 bits per heavy atom. The van der Waals surface area contributed by atoms with Gasteiger partial charge in [0.1, 0.15) is 0 Å². The maximum Gasteiger partial charge on any atom is 0.681 e. The van der Waals surface area contributed by atoms with Crippen LogP contribution in [0.2, 0.25) is 0 Å². The highest BCUT2D eigenvalue weighted by molar-refractivity contribution is 6.44. The number of aryl methyl sites for hydroxylation is 1. The zero-order valence-corrected chi connectivity index (χ0v) is 12.2. The fourth-order valence-electron chi connectivity index (χ4n) is 1.90. The second-order valence-electron chi connectivity index (χ2n) is 5.73. The number of hydrogen-bond donors (Lipinski definition) is 0. The summed E-state index contributed by atoms with van der Waals surface area (Å²) in [6.07, 6.45) is 0.240. The van der Waals surface area contributed by atoms with Crippen LogP contribution in [0, 0.1) is 12.3 Å². The minimum Gasteiger partial charge on any atom is -0.476 e.